The van der Waals surface area contributed by atoms with Crippen LogP contribution in [-0.4, -0.2) is 121 Å². The minimum Gasteiger partial charge on any atom is -0.447 e. The molecule has 4 rings (SSSR count). The number of piperazine rings is 1. The number of fused-ring (bicyclic) bond motifs is 4. The third-order valence-electron chi connectivity index (χ3n) is 6.42. The number of aliphatic imine (C=N–C) groups is 2. The molecule has 0 saturated carbocycles. The predicted molar refractivity (Wildman–Crippen MR) is 116 cm³/mol. The van der Waals surface area contributed by atoms with Crippen LogP contribution in [0, 0.1) is 5.92 Å². The van der Waals surface area contributed by atoms with E-state index in [4.69, 9.17) is 4.74 Å². The Hall–Kier alpha value is -3.05. The van der Waals surface area contributed by atoms with Crippen LogP contribution in [0.2, 0.25) is 0 Å². The predicted octanol–water partition coefficient (Wildman–Crippen LogP) is -0.701. The summed E-state index contributed by atoms with van der Waals surface area (Å²) in [5.41, 5.74) is -0.914. The van der Waals surface area contributed by atoms with Crippen molar-refractivity contribution in [1.29, 1.82) is 0 Å². The summed E-state index contributed by atoms with van der Waals surface area (Å²) in [6.45, 7) is 1.70. The molecule has 2 fully saturated rings. The van der Waals surface area contributed by atoms with Crippen molar-refractivity contribution in [2.45, 2.75) is 24.7 Å². The number of nitrogens with zero attached hydrogens (tertiary/aromatic N) is 6. The topological polar surface area (TPSA) is 118 Å². The van der Waals surface area contributed by atoms with E-state index in [0.717, 1.165) is 0 Å². The van der Waals surface area contributed by atoms with Gasteiger partial charge in [-0.05, 0) is 14.0 Å². The molecule has 0 aromatic carbocycles. The Labute approximate surface area is 186 Å². The van der Waals surface area contributed by atoms with Crippen molar-refractivity contribution in [1.82, 2.24) is 19.6 Å². The third kappa shape index (κ3) is 3.15. The van der Waals surface area contributed by atoms with E-state index < -0.39 is 23.5 Å². The Morgan fingerprint density at radius 2 is 1.88 bits per heavy atom. The zero-order valence-electron chi connectivity index (χ0n) is 19.1. The molecular formula is C21H28N6O5. The molecule has 1 N–H and O–H groups in total. The fourth-order valence-corrected chi connectivity index (χ4v) is 4.88. The summed E-state index contributed by atoms with van der Waals surface area (Å²) in [6.07, 6.45) is 1.92. The molecular weight excluding hydrogens is 416 g/mol. The Bertz CT molecular complexity index is 1010. The molecule has 1 aliphatic carbocycles. The fraction of sp³-hybridized carbons (Fsp3) is 0.571. The number of hydrogen-bond acceptors (Lipinski definition) is 8. The lowest BCUT2D eigenvalue weighted by atomic mass is 9.82. The van der Waals surface area contributed by atoms with Gasteiger partial charge in [0, 0.05) is 51.9 Å². The van der Waals surface area contributed by atoms with Gasteiger partial charge in [0.25, 0.3) is 0 Å². The van der Waals surface area contributed by atoms with Gasteiger partial charge in [-0.3, -0.25) is 14.5 Å². The van der Waals surface area contributed by atoms with Gasteiger partial charge in [0.05, 0.1) is 30.3 Å². The van der Waals surface area contributed by atoms with E-state index in [9.17, 15) is 19.5 Å². The van der Waals surface area contributed by atoms with Crippen LogP contribution in [0.4, 0.5) is 4.79 Å². The Morgan fingerprint density at radius 3 is 2.50 bits per heavy atom. The monoisotopic (exact) mass is 444 g/mol. The minimum absolute atomic E-state index is 0.0369. The molecule has 11 heteroatoms. The van der Waals surface area contributed by atoms with Crippen LogP contribution in [0.15, 0.2) is 32.5 Å². The Kier molecular flexibility index (Phi) is 5.21. The van der Waals surface area contributed by atoms with Crippen LogP contribution >= 0.6 is 0 Å². The third-order valence-corrected chi connectivity index (χ3v) is 6.42. The number of aliphatic hydroxyl groups is 1. The van der Waals surface area contributed by atoms with E-state index in [0.29, 0.717) is 6.54 Å². The average Bonchev–Trinajstić information content (AvgIpc) is 3.13. The molecule has 3 aliphatic heterocycles. The van der Waals surface area contributed by atoms with Crippen LogP contribution < -0.4 is 0 Å². The second-order valence-electron chi connectivity index (χ2n) is 9.01. The van der Waals surface area contributed by atoms with Gasteiger partial charge in [0.1, 0.15) is 12.3 Å². The van der Waals surface area contributed by atoms with Gasteiger partial charge in [-0.25, -0.2) is 9.79 Å². The number of rotatable bonds is 5. The molecule has 5 atom stereocenters. The Balaban J connectivity index is 1.70. The number of carbonyl (C=O) groups excluding carboxylic acids is 3. The fourth-order valence-electron chi connectivity index (χ4n) is 4.88. The molecule has 2 saturated heterocycles. The summed E-state index contributed by atoms with van der Waals surface area (Å²) in [5.74, 6) is -1.67. The van der Waals surface area contributed by atoms with E-state index in [1.807, 2.05) is 11.9 Å². The van der Waals surface area contributed by atoms with Gasteiger partial charge in [-0.1, -0.05) is 0 Å². The van der Waals surface area contributed by atoms with E-state index in [-0.39, 0.29) is 47.0 Å². The molecule has 4 aliphatic rings. The van der Waals surface area contributed by atoms with Gasteiger partial charge in [-0.2, -0.15) is 4.99 Å². The van der Waals surface area contributed by atoms with Crippen molar-refractivity contribution >= 4 is 30.3 Å². The number of hydrogen-bond donors (Lipinski definition) is 1. The highest BCUT2D eigenvalue weighted by Gasteiger charge is 2.74. The van der Waals surface area contributed by atoms with Gasteiger partial charge in [-0.15, -0.1) is 0 Å². The van der Waals surface area contributed by atoms with E-state index in [1.165, 1.54) is 12.7 Å². The lowest BCUT2D eigenvalue weighted by Crippen LogP contribution is -2.53. The van der Waals surface area contributed by atoms with Gasteiger partial charge in [0.2, 0.25) is 11.6 Å². The highest BCUT2D eigenvalue weighted by Crippen LogP contribution is 2.57. The highest BCUT2D eigenvalue weighted by atomic mass is 16.5. The summed E-state index contributed by atoms with van der Waals surface area (Å²) in [4.78, 5) is 53.6. The number of allylic oxidation sites excluding steroid dienone is 2. The Morgan fingerprint density at radius 1 is 1.22 bits per heavy atom. The van der Waals surface area contributed by atoms with E-state index >= 15 is 0 Å². The molecule has 32 heavy (non-hydrogen) atoms. The summed E-state index contributed by atoms with van der Waals surface area (Å²) >= 11 is 0. The maximum Gasteiger partial charge on any atom is 0.435 e. The number of ether oxygens (including phenoxy) is 1. The second kappa shape index (κ2) is 7.52. The smallest absolute Gasteiger partial charge is 0.435 e. The zero-order valence-corrected chi connectivity index (χ0v) is 19.1. The lowest BCUT2D eigenvalue weighted by molar-refractivity contribution is -0.126. The SMILES string of the molecule is CC1=C(N=CN(C)C)C(=O)C2=C(C1=O)N1C[C@H]3[C@H](N3C)[C@]1(O)[C@H]2COC(=O)N=CN(C)C. The molecule has 3 heterocycles. The van der Waals surface area contributed by atoms with Crippen molar-refractivity contribution in [3.63, 3.8) is 0 Å². The minimum atomic E-state index is -1.53. The summed E-state index contributed by atoms with van der Waals surface area (Å²) in [6, 6.07) is -0.198. The van der Waals surface area contributed by atoms with E-state index in [2.05, 4.69) is 9.98 Å². The van der Waals surface area contributed by atoms with Gasteiger partial charge >= 0.3 is 6.09 Å². The molecule has 1 unspecified atom stereocenters. The maximum atomic E-state index is 13.5. The van der Waals surface area contributed by atoms with Crippen molar-refractivity contribution in [3.05, 3.63) is 22.5 Å². The molecule has 0 aromatic rings. The van der Waals surface area contributed by atoms with Crippen LogP contribution in [-0.2, 0) is 14.3 Å². The number of likely N-dealkylation sites (N-methyl/N-ethyl adjacent to an activating group) is 1. The standard InChI is InChI=1S/C21H28N6O5/c1-11-15(22-9-24(2)3)18(29)14-12(8-32-20(30)23-10-25(4)5)21(31)19-13(26(19)6)7-27(21)16(14)17(11)28/h9-10,12-13,19,31H,7-8H2,1-6H3/t12-,13-,19-,21+,26?/m0/s1. The quantitative estimate of drug-likeness (QED) is 0.254. The summed E-state index contributed by atoms with van der Waals surface area (Å²) < 4.78 is 5.32. The molecule has 0 bridgehead atoms. The van der Waals surface area contributed by atoms with Crippen LogP contribution in [0.5, 0.6) is 0 Å². The number of ketones is 2. The summed E-state index contributed by atoms with van der Waals surface area (Å²) in [5, 5.41) is 11.8. The van der Waals surface area contributed by atoms with Crippen LogP contribution in [0.25, 0.3) is 0 Å². The first-order chi connectivity index (χ1) is 15.0. The van der Waals surface area contributed by atoms with Gasteiger partial charge in [0.15, 0.2) is 5.72 Å². The number of amides is 1. The first-order valence-electron chi connectivity index (χ1n) is 10.3. The van der Waals surface area contributed by atoms with E-state index in [1.54, 1.807) is 49.8 Å². The molecule has 0 aromatic heterocycles. The molecule has 0 spiro atoms. The van der Waals surface area contributed by atoms with Crippen molar-refractivity contribution in [3.8, 4) is 0 Å². The normalized spacial score (nSPS) is 33.3. The first kappa shape index (κ1) is 22.2. The molecule has 1 amide bonds. The van der Waals surface area contributed by atoms with Crippen molar-refractivity contribution in [2.24, 2.45) is 15.9 Å². The summed E-state index contributed by atoms with van der Waals surface area (Å²) in [7, 11) is 8.82. The lowest BCUT2D eigenvalue weighted by Gasteiger charge is -2.37. The average molecular weight is 444 g/mol. The van der Waals surface area contributed by atoms with Crippen molar-refractivity contribution < 1.29 is 24.2 Å². The second-order valence-corrected chi connectivity index (χ2v) is 9.01. The van der Waals surface area contributed by atoms with Gasteiger partial charge < -0.3 is 24.5 Å². The van der Waals surface area contributed by atoms with Crippen LogP contribution in [0.3, 0.4) is 0 Å². The first-order valence-corrected chi connectivity index (χ1v) is 10.3. The highest BCUT2D eigenvalue weighted by molar-refractivity contribution is 6.25. The maximum absolute atomic E-state index is 13.5. The zero-order chi connectivity index (χ0) is 23.5. The van der Waals surface area contributed by atoms with Crippen molar-refractivity contribution in [2.75, 3.05) is 48.4 Å². The molecule has 172 valence electrons. The molecule has 11 nitrogen and oxygen atoms in total. The number of carbonyl (C=O) groups is 3. The molecule has 0 radical (unpaired) electrons. The largest absolute Gasteiger partial charge is 0.447 e. The number of Topliss-reactive ketones (excluding diaryl/α,β-unsaturated/α-hetero) is 2. The van der Waals surface area contributed by atoms with Crippen LogP contribution in [0.1, 0.15) is 6.92 Å².